The Labute approximate surface area is 63.2 Å². The van der Waals surface area contributed by atoms with E-state index in [4.69, 9.17) is 0 Å². The minimum Gasteiger partial charge on any atom is -0.304 e. The second kappa shape index (κ2) is 2.64. The van der Waals surface area contributed by atoms with E-state index in [0.717, 1.165) is 0 Å². The molecule has 2 nitrogen and oxygen atoms in total. The lowest BCUT2D eigenvalue weighted by atomic mass is 9.96. The SMILES string of the molecule is CC1(C(F)(F)F)CCNCN1. The van der Waals surface area contributed by atoms with Crippen LogP contribution in [0.3, 0.4) is 0 Å². The van der Waals surface area contributed by atoms with E-state index in [1.54, 1.807) is 0 Å². The molecule has 0 spiro atoms. The van der Waals surface area contributed by atoms with Crippen molar-refractivity contribution in [1.82, 2.24) is 10.6 Å². The fourth-order valence-corrected chi connectivity index (χ4v) is 1.01. The maximum absolute atomic E-state index is 12.2. The maximum atomic E-state index is 12.2. The summed E-state index contributed by atoms with van der Waals surface area (Å²) in [4.78, 5) is 0. The Kier molecular flexibility index (Phi) is 2.11. The molecule has 1 aliphatic rings. The van der Waals surface area contributed by atoms with Gasteiger partial charge >= 0.3 is 6.18 Å². The summed E-state index contributed by atoms with van der Waals surface area (Å²) in [5.41, 5.74) is -1.70. The molecule has 0 aromatic rings. The molecule has 1 fully saturated rings. The molecule has 1 saturated heterocycles. The Balaban J connectivity index is 2.64. The Bertz CT molecular complexity index is 137. The standard InChI is InChI=1S/C6H11F3N2/c1-5(6(7,8)9)2-3-10-4-11-5/h10-11H,2-4H2,1H3. The van der Waals surface area contributed by atoms with Gasteiger partial charge in [0.1, 0.15) is 5.54 Å². The van der Waals surface area contributed by atoms with Crippen LogP contribution in [-0.4, -0.2) is 24.9 Å². The lowest BCUT2D eigenvalue weighted by Gasteiger charge is -2.36. The van der Waals surface area contributed by atoms with Crippen LogP contribution in [0.5, 0.6) is 0 Å². The minimum absolute atomic E-state index is 0.0938. The lowest BCUT2D eigenvalue weighted by Crippen LogP contribution is -2.61. The number of rotatable bonds is 0. The van der Waals surface area contributed by atoms with Gasteiger partial charge in [-0.2, -0.15) is 13.2 Å². The lowest BCUT2D eigenvalue weighted by molar-refractivity contribution is -0.196. The molecule has 66 valence electrons. The van der Waals surface area contributed by atoms with Crippen molar-refractivity contribution in [2.75, 3.05) is 13.2 Å². The topological polar surface area (TPSA) is 24.1 Å². The number of nitrogens with one attached hydrogen (secondary N) is 2. The van der Waals surface area contributed by atoms with E-state index < -0.39 is 11.7 Å². The van der Waals surface area contributed by atoms with Crippen LogP contribution >= 0.6 is 0 Å². The smallest absolute Gasteiger partial charge is 0.304 e. The zero-order valence-electron chi connectivity index (χ0n) is 6.26. The molecule has 0 aliphatic carbocycles. The number of halogens is 3. The molecular formula is C6H11F3N2. The summed E-state index contributed by atoms with van der Waals surface area (Å²) >= 11 is 0. The summed E-state index contributed by atoms with van der Waals surface area (Å²) in [6.45, 7) is 1.84. The number of hydrogen-bond donors (Lipinski definition) is 2. The molecule has 0 amide bonds. The summed E-state index contributed by atoms with van der Waals surface area (Å²) in [6, 6.07) is 0. The first kappa shape index (κ1) is 8.80. The first-order valence-electron chi connectivity index (χ1n) is 3.48. The third kappa shape index (κ3) is 1.65. The molecule has 1 rings (SSSR count). The summed E-state index contributed by atoms with van der Waals surface area (Å²) < 4.78 is 36.7. The highest BCUT2D eigenvalue weighted by molar-refractivity contribution is 4.93. The van der Waals surface area contributed by atoms with E-state index in [0.29, 0.717) is 6.54 Å². The van der Waals surface area contributed by atoms with Crippen molar-refractivity contribution in [2.24, 2.45) is 0 Å². The Morgan fingerprint density at radius 1 is 1.36 bits per heavy atom. The van der Waals surface area contributed by atoms with Crippen LogP contribution in [0.15, 0.2) is 0 Å². The minimum atomic E-state index is -4.14. The second-order valence-corrected chi connectivity index (χ2v) is 2.93. The molecule has 1 unspecified atom stereocenters. The van der Waals surface area contributed by atoms with E-state index in [1.165, 1.54) is 6.92 Å². The van der Waals surface area contributed by atoms with Crippen molar-refractivity contribution in [3.63, 3.8) is 0 Å². The van der Waals surface area contributed by atoms with Crippen molar-refractivity contribution in [1.29, 1.82) is 0 Å². The van der Waals surface area contributed by atoms with Gasteiger partial charge in [-0.15, -0.1) is 0 Å². The van der Waals surface area contributed by atoms with Crippen molar-refractivity contribution in [2.45, 2.75) is 25.1 Å². The monoisotopic (exact) mass is 168 g/mol. The van der Waals surface area contributed by atoms with E-state index in [9.17, 15) is 13.2 Å². The molecule has 1 heterocycles. The highest BCUT2D eigenvalue weighted by atomic mass is 19.4. The summed E-state index contributed by atoms with van der Waals surface area (Å²) in [6.07, 6.45) is -4.05. The fourth-order valence-electron chi connectivity index (χ4n) is 1.01. The van der Waals surface area contributed by atoms with Gasteiger partial charge in [-0.1, -0.05) is 0 Å². The Morgan fingerprint density at radius 3 is 2.27 bits per heavy atom. The van der Waals surface area contributed by atoms with Crippen LogP contribution in [0.4, 0.5) is 13.2 Å². The molecule has 0 aromatic heterocycles. The molecule has 5 heteroatoms. The molecular weight excluding hydrogens is 157 g/mol. The average molecular weight is 168 g/mol. The summed E-state index contributed by atoms with van der Waals surface area (Å²) in [5, 5.41) is 5.20. The highest BCUT2D eigenvalue weighted by Crippen LogP contribution is 2.33. The van der Waals surface area contributed by atoms with E-state index in [2.05, 4.69) is 10.6 Å². The maximum Gasteiger partial charge on any atom is 0.406 e. The van der Waals surface area contributed by atoms with Crippen LogP contribution in [0.1, 0.15) is 13.3 Å². The van der Waals surface area contributed by atoms with Crippen molar-refractivity contribution >= 4 is 0 Å². The number of hydrogen-bond acceptors (Lipinski definition) is 2. The third-order valence-electron chi connectivity index (χ3n) is 2.03. The zero-order valence-corrected chi connectivity index (χ0v) is 6.26. The van der Waals surface area contributed by atoms with E-state index in [-0.39, 0.29) is 13.1 Å². The van der Waals surface area contributed by atoms with Gasteiger partial charge in [0, 0.05) is 6.67 Å². The predicted molar refractivity (Wildman–Crippen MR) is 35.1 cm³/mol. The fraction of sp³-hybridized carbons (Fsp3) is 1.00. The van der Waals surface area contributed by atoms with Gasteiger partial charge < -0.3 is 5.32 Å². The van der Waals surface area contributed by atoms with Gasteiger partial charge in [-0.3, -0.25) is 5.32 Å². The molecule has 0 aromatic carbocycles. The van der Waals surface area contributed by atoms with Crippen molar-refractivity contribution in [3.8, 4) is 0 Å². The van der Waals surface area contributed by atoms with Gasteiger partial charge in [0.25, 0.3) is 0 Å². The zero-order chi connectivity index (χ0) is 8.54. The van der Waals surface area contributed by atoms with Crippen molar-refractivity contribution in [3.05, 3.63) is 0 Å². The first-order chi connectivity index (χ1) is 4.96. The van der Waals surface area contributed by atoms with E-state index >= 15 is 0 Å². The Hall–Kier alpha value is -0.290. The van der Waals surface area contributed by atoms with Gasteiger partial charge in [-0.05, 0) is 19.9 Å². The second-order valence-electron chi connectivity index (χ2n) is 2.93. The van der Waals surface area contributed by atoms with Gasteiger partial charge in [0.2, 0.25) is 0 Å². The molecule has 1 atom stereocenters. The first-order valence-corrected chi connectivity index (χ1v) is 3.48. The van der Waals surface area contributed by atoms with Gasteiger partial charge in [0.15, 0.2) is 0 Å². The van der Waals surface area contributed by atoms with E-state index in [1.807, 2.05) is 0 Å². The molecule has 1 aliphatic heterocycles. The molecule has 11 heavy (non-hydrogen) atoms. The number of alkyl halides is 3. The van der Waals surface area contributed by atoms with Crippen molar-refractivity contribution < 1.29 is 13.2 Å². The molecule has 0 saturated carbocycles. The van der Waals surface area contributed by atoms with Crippen LogP contribution in [0.2, 0.25) is 0 Å². The van der Waals surface area contributed by atoms with Crippen LogP contribution in [0, 0.1) is 0 Å². The van der Waals surface area contributed by atoms with Gasteiger partial charge in [0.05, 0.1) is 0 Å². The van der Waals surface area contributed by atoms with Gasteiger partial charge in [-0.25, -0.2) is 0 Å². The van der Waals surface area contributed by atoms with Crippen LogP contribution < -0.4 is 10.6 Å². The largest absolute Gasteiger partial charge is 0.406 e. The Morgan fingerprint density at radius 2 is 2.00 bits per heavy atom. The summed E-state index contributed by atoms with van der Waals surface area (Å²) in [5.74, 6) is 0. The summed E-state index contributed by atoms with van der Waals surface area (Å²) in [7, 11) is 0. The highest BCUT2D eigenvalue weighted by Gasteiger charge is 2.51. The molecule has 0 radical (unpaired) electrons. The third-order valence-corrected chi connectivity index (χ3v) is 2.03. The predicted octanol–water partition coefficient (Wildman–Crippen LogP) is 0.848. The van der Waals surface area contributed by atoms with Crippen LogP contribution in [-0.2, 0) is 0 Å². The quantitative estimate of drug-likeness (QED) is 0.560. The molecule has 2 N–H and O–H groups in total. The average Bonchev–Trinajstić information content (AvgIpc) is 1.87. The normalized spacial score (nSPS) is 33.8. The van der Waals surface area contributed by atoms with Crippen LogP contribution in [0.25, 0.3) is 0 Å². The molecule has 0 bridgehead atoms.